The summed E-state index contributed by atoms with van der Waals surface area (Å²) < 4.78 is 5.76. The minimum absolute atomic E-state index is 0.212. The molecule has 1 aliphatic heterocycles. The van der Waals surface area contributed by atoms with Crippen molar-refractivity contribution in [1.29, 1.82) is 0 Å². The molecule has 1 amide bonds. The topological polar surface area (TPSA) is 38.3 Å². The van der Waals surface area contributed by atoms with Crippen molar-refractivity contribution in [2.45, 2.75) is 10.6 Å². The Morgan fingerprint density at radius 3 is 2.48 bits per heavy atom. The molecule has 31 heavy (non-hydrogen) atoms. The Labute approximate surface area is 208 Å². The predicted molar refractivity (Wildman–Crippen MR) is 134 cm³/mol. The number of halogens is 4. The van der Waals surface area contributed by atoms with Crippen molar-refractivity contribution in [3.8, 4) is 5.75 Å². The lowest BCUT2D eigenvalue weighted by atomic mass is 10.2. The number of carbonyl (C=O) groups is 1. The third-order valence-corrected chi connectivity index (χ3v) is 7.40. The molecule has 4 rings (SSSR count). The molecule has 1 N–H and O–H groups in total. The van der Waals surface area contributed by atoms with E-state index in [9.17, 15) is 4.79 Å². The molecule has 0 bridgehead atoms. The van der Waals surface area contributed by atoms with Crippen LogP contribution in [0.5, 0.6) is 5.75 Å². The van der Waals surface area contributed by atoms with E-state index in [1.54, 1.807) is 48.5 Å². The monoisotopic (exact) mass is 527 g/mol. The van der Waals surface area contributed by atoms with Crippen molar-refractivity contribution >= 4 is 87.9 Å². The minimum atomic E-state index is -0.212. The molecule has 3 nitrogen and oxygen atoms in total. The van der Waals surface area contributed by atoms with E-state index in [1.807, 2.05) is 12.1 Å². The Kier molecular flexibility index (Phi) is 7.32. The van der Waals surface area contributed by atoms with E-state index in [0.717, 1.165) is 16.0 Å². The van der Waals surface area contributed by atoms with Gasteiger partial charge in [-0.1, -0.05) is 70.3 Å². The van der Waals surface area contributed by atoms with Crippen LogP contribution in [0.4, 0.5) is 5.69 Å². The third kappa shape index (κ3) is 5.48. The molecule has 158 valence electrons. The van der Waals surface area contributed by atoms with Crippen LogP contribution in [0.1, 0.15) is 11.1 Å². The van der Waals surface area contributed by atoms with Gasteiger partial charge < -0.3 is 9.50 Å². The number of hydrogen-bond acceptors (Lipinski definition) is 4. The molecule has 0 atom stereocenters. The number of fused-ring (bicyclic) bond motifs is 1. The highest BCUT2D eigenvalue weighted by molar-refractivity contribution is 8.04. The van der Waals surface area contributed by atoms with Crippen LogP contribution in [-0.4, -0.2) is 5.91 Å². The van der Waals surface area contributed by atoms with Crippen LogP contribution < -0.4 is 9.50 Å². The average molecular weight is 529 g/mol. The minimum Gasteiger partial charge on any atom is -0.425 e. The molecule has 9 heteroatoms. The fraction of sp³-hybridized carbons (Fsp3) is 0.0455. The molecule has 0 aromatic heterocycles. The van der Waals surface area contributed by atoms with Gasteiger partial charge >= 0.3 is 0 Å². The number of nitrogens with one attached hydrogen (secondary N) is 1. The summed E-state index contributed by atoms with van der Waals surface area (Å²) in [6.45, 7) is 0. The van der Waals surface area contributed by atoms with E-state index in [4.69, 9.17) is 50.6 Å². The first-order valence-corrected chi connectivity index (χ1v) is 12.2. The predicted octanol–water partition coefficient (Wildman–Crippen LogP) is 8.61. The Morgan fingerprint density at radius 1 is 0.968 bits per heavy atom. The zero-order valence-electron chi connectivity index (χ0n) is 15.6. The van der Waals surface area contributed by atoms with Crippen molar-refractivity contribution in [3.63, 3.8) is 0 Å². The second-order valence-corrected chi connectivity index (χ2v) is 9.87. The molecular weight excluding hydrogens is 516 g/mol. The first-order chi connectivity index (χ1) is 14.9. The first kappa shape index (κ1) is 22.7. The summed E-state index contributed by atoms with van der Waals surface area (Å²) >= 11 is 27.1. The summed E-state index contributed by atoms with van der Waals surface area (Å²) in [5.41, 5.74) is 2.22. The fourth-order valence-corrected chi connectivity index (χ4v) is 5.58. The lowest BCUT2D eigenvalue weighted by molar-refractivity contribution is -0.112. The van der Waals surface area contributed by atoms with Crippen LogP contribution in [0, 0.1) is 0 Å². The van der Waals surface area contributed by atoms with E-state index in [0.29, 0.717) is 42.2 Å². The highest BCUT2D eigenvalue weighted by Crippen LogP contribution is 2.41. The molecule has 0 spiro atoms. The number of benzene rings is 3. The number of hydrogen-bond donors (Lipinski definition) is 1. The molecule has 0 saturated heterocycles. The Balaban J connectivity index is 1.46. The van der Waals surface area contributed by atoms with Crippen molar-refractivity contribution in [2.24, 2.45) is 0 Å². The van der Waals surface area contributed by atoms with Crippen molar-refractivity contribution in [1.82, 2.24) is 0 Å². The van der Waals surface area contributed by atoms with E-state index in [1.165, 1.54) is 23.8 Å². The van der Waals surface area contributed by atoms with E-state index in [2.05, 4.69) is 5.32 Å². The van der Waals surface area contributed by atoms with Gasteiger partial charge in [0.1, 0.15) is 5.75 Å². The molecule has 3 aromatic rings. The Bertz CT molecular complexity index is 1180. The third-order valence-electron chi connectivity index (χ3n) is 4.31. The van der Waals surface area contributed by atoms with Crippen LogP contribution in [0.2, 0.25) is 20.1 Å². The molecule has 0 radical (unpaired) electrons. The standard InChI is InChI=1S/C22H13Cl4NO2S2/c23-13-5-4-12(18(26)9-13)8-21-22(28)27-19-10-14(6-7-20(19)31-21)29-30-11-15-16(24)2-1-3-17(15)25/h1-10H,11H2,(H,27,28)/b21-8-. The molecule has 0 fully saturated rings. The van der Waals surface area contributed by atoms with E-state index < -0.39 is 0 Å². The number of thioether (sulfide) groups is 1. The van der Waals surface area contributed by atoms with Crippen molar-refractivity contribution in [2.75, 3.05) is 5.32 Å². The summed E-state index contributed by atoms with van der Waals surface area (Å²) in [5, 5.41) is 5.12. The van der Waals surface area contributed by atoms with E-state index in [-0.39, 0.29) is 5.91 Å². The largest absolute Gasteiger partial charge is 0.425 e. The van der Waals surface area contributed by atoms with Crippen LogP contribution in [0.25, 0.3) is 6.08 Å². The number of amides is 1. The maximum Gasteiger partial charge on any atom is 0.262 e. The summed E-state index contributed by atoms with van der Waals surface area (Å²) in [6.07, 6.45) is 1.75. The zero-order chi connectivity index (χ0) is 22.0. The number of rotatable bonds is 5. The second kappa shape index (κ2) is 9.99. The van der Waals surface area contributed by atoms with Gasteiger partial charge in [-0.3, -0.25) is 4.79 Å². The maximum absolute atomic E-state index is 12.6. The van der Waals surface area contributed by atoms with Gasteiger partial charge in [0.05, 0.1) is 28.4 Å². The quantitative estimate of drug-likeness (QED) is 0.265. The molecule has 1 heterocycles. The molecule has 0 saturated carbocycles. The Hall–Kier alpha value is -1.47. The van der Waals surface area contributed by atoms with Gasteiger partial charge in [0, 0.05) is 36.6 Å². The Morgan fingerprint density at radius 2 is 1.74 bits per heavy atom. The van der Waals surface area contributed by atoms with Crippen molar-refractivity contribution < 1.29 is 8.98 Å². The fourth-order valence-electron chi connectivity index (χ4n) is 2.78. The highest BCUT2D eigenvalue weighted by Gasteiger charge is 2.22. The van der Waals surface area contributed by atoms with Gasteiger partial charge in [0.15, 0.2) is 0 Å². The summed E-state index contributed by atoms with van der Waals surface area (Å²) in [5.74, 6) is 0.892. The number of carbonyl (C=O) groups excluding carboxylic acids is 1. The van der Waals surface area contributed by atoms with Crippen LogP contribution >= 0.6 is 70.2 Å². The molecule has 0 aliphatic carbocycles. The van der Waals surface area contributed by atoms with E-state index >= 15 is 0 Å². The smallest absolute Gasteiger partial charge is 0.262 e. The van der Waals surface area contributed by atoms with Crippen LogP contribution in [-0.2, 0) is 10.5 Å². The molecule has 1 aliphatic rings. The lowest BCUT2D eigenvalue weighted by Gasteiger charge is -2.19. The first-order valence-electron chi connectivity index (χ1n) is 8.93. The SMILES string of the molecule is O=C1Nc2cc(OSCc3c(Cl)cccc3Cl)ccc2S/C1=C\c1ccc(Cl)cc1Cl. The summed E-state index contributed by atoms with van der Waals surface area (Å²) in [6, 6.07) is 16.1. The average Bonchev–Trinajstić information content (AvgIpc) is 2.72. The zero-order valence-corrected chi connectivity index (χ0v) is 20.3. The molecule has 0 unspecified atom stereocenters. The lowest BCUT2D eigenvalue weighted by Crippen LogP contribution is -2.17. The van der Waals surface area contributed by atoms with Crippen molar-refractivity contribution in [3.05, 3.63) is 90.7 Å². The number of anilines is 1. The summed E-state index contributed by atoms with van der Waals surface area (Å²) in [4.78, 5) is 14.0. The summed E-state index contributed by atoms with van der Waals surface area (Å²) in [7, 11) is 0. The van der Waals surface area contributed by atoms with Gasteiger partial charge in [0.25, 0.3) is 5.91 Å². The normalized spacial score (nSPS) is 14.3. The molecular formula is C22H13Cl4NO2S2. The maximum atomic E-state index is 12.6. The van der Waals surface area contributed by atoms with Gasteiger partial charge in [-0.05, 0) is 48.0 Å². The molecule has 3 aromatic carbocycles. The second-order valence-electron chi connectivity index (χ2n) is 6.43. The van der Waals surface area contributed by atoms with Crippen LogP contribution in [0.3, 0.4) is 0 Å². The van der Waals surface area contributed by atoms with Gasteiger partial charge in [-0.15, -0.1) is 0 Å². The van der Waals surface area contributed by atoms with Gasteiger partial charge in [-0.25, -0.2) is 0 Å². The highest BCUT2D eigenvalue weighted by atomic mass is 35.5. The van der Waals surface area contributed by atoms with Crippen LogP contribution in [0.15, 0.2) is 64.4 Å². The van der Waals surface area contributed by atoms with Gasteiger partial charge in [-0.2, -0.15) is 0 Å². The van der Waals surface area contributed by atoms with Gasteiger partial charge in [0.2, 0.25) is 0 Å².